The number of likely N-dealkylation sites (tertiary alicyclic amines) is 1. The van der Waals surface area contributed by atoms with E-state index >= 15 is 0 Å². The van der Waals surface area contributed by atoms with E-state index in [1.54, 1.807) is 7.11 Å². The molecule has 1 aliphatic heterocycles. The van der Waals surface area contributed by atoms with Crippen LogP contribution in [-0.2, 0) is 23.0 Å². The van der Waals surface area contributed by atoms with Crippen LogP contribution in [0, 0.1) is 19.8 Å². The number of amides is 1. The third-order valence-corrected chi connectivity index (χ3v) is 5.49. The molecule has 0 bridgehead atoms. The van der Waals surface area contributed by atoms with E-state index in [2.05, 4.69) is 17.0 Å². The van der Waals surface area contributed by atoms with Crippen LogP contribution in [0.3, 0.4) is 0 Å². The zero-order valence-corrected chi connectivity index (χ0v) is 16.1. The largest absolute Gasteiger partial charge is 0.384 e. The van der Waals surface area contributed by atoms with Crippen molar-refractivity contribution in [3.63, 3.8) is 0 Å². The second-order valence-corrected chi connectivity index (χ2v) is 7.15. The summed E-state index contributed by atoms with van der Waals surface area (Å²) in [5, 5.41) is 4.44. The van der Waals surface area contributed by atoms with Gasteiger partial charge in [-0.05, 0) is 38.0 Å². The molecule has 1 amide bonds. The molecule has 1 fully saturated rings. The molecule has 1 aliphatic rings. The number of hydrogen-bond acceptors (Lipinski definition) is 4. The summed E-state index contributed by atoms with van der Waals surface area (Å²) in [4.78, 5) is 19.3. The molecule has 140 valence electrons. The van der Waals surface area contributed by atoms with Crippen molar-refractivity contribution in [2.75, 3.05) is 26.8 Å². The van der Waals surface area contributed by atoms with Gasteiger partial charge in [0.05, 0.1) is 12.3 Å². The lowest BCUT2D eigenvalue weighted by molar-refractivity contribution is -0.130. The molecule has 6 heteroatoms. The summed E-state index contributed by atoms with van der Waals surface area (Å²) in [7, 11) is 3.66. The Morgan fingerprint density at radius 1 is 1.31 bits per heavy atom. The lowest BCUT2D eigenvalue weighted by Gasteiger charge is -2.16. The summed E-state index contributed by atoms with van der Waals surface area (Å²) in [6.07, 6.45) is 3.07. The molecular formula is C20H28N4O2. The number of ether oxygens (including phenoxy) is 1. The van der Waals surface area contributed by atoms with Gasteiger partial charge in [0.2, 0.25) is 5.91 Å². The summed E-state index contributed by atoms with van der Waals surface area (Å²) < 4.78 is 7.28. The predicted octanol–water partition coefficient (Wildman–Crippen LogP) is 2.25. The first-order valence-corrected chi connectivity index (χ1v) is 9.18. The highest BCUT2D eigenvalue weighted by molar-refractivity contribution is 5.77. The molecule has 0 radical (unpaired) electrons. The number of rotatable bonds is 6. The maximum absolute atomic E-state index is 12.8. The van der Waals surface area contributed by atoms with Gasteiger partial charge >= 0.3 is 0 Å². The minimum absolute atomic E-state index is 0.201. The van der Waals surface area contributed by atoms with E-state index in [4.69, 9.17) is 4.74 Å². The second kappa shape index (κ2) is 7.99. The third kappa shape index (κ3) is 3.80. The molecule has 26 heavy (non-hydrogen) atoms. The fourth-order valence-electron chi connectivity index (χ4n) is 3.96. The Labute approximate surface area is 155 Å². The van der Waals surface area contributed by atoms with Gasteiger partial charge in [0, 0.05) is 63.1 Å². The van der Waals surface area contributed by atoms with Gasteiger partial charge in [-0.3, -0.25) is 14.5 Å². The van der Waals surface area contributed by atoms with E-state index in [1.165, 1.54) is 5.56 Å². The number of pyridine rings is 1. The highest BCUT2D eigenvalue weighted by Crippen LogP contribution is 2.32. The van der Waals surface area contributed by atoms with Gasteiger partial charge in [0.1, 0.15) is 0 Å². The summed E-state index contributed by atoms with van der Waals surface area (Å²) in [5.41, 5.74) is 4.39. The molecule has 2 atom stereocenters. The lowest BCUT2D eigenvalue weighted by Crippen LogP contribution is -2.29. The van der Waals surface area contributed by atoms with E-state index in [-0.39, 0.29) is 11.8 Å². The van der Waals surface area contributed by atoms with Gasteiger partial charge in [-0.15, -0.1) is 0 Å². The molecular weight excluding hydrogens is 328 g/mol. The van der Waals surface area contributed by atoms with Crippen molar-refractivity contribution < 1.29 is 9.53 Å². The smallest absolute Gasteiger partial charge is 0.222 e. The van der Waals surface area contributed by atoms with Crippen LogP contribution in [0.2, 0.25) is 0 Å². The average Bonchev–Trinajstić information content (AvgIpc) is 3.16. The molecule has 0 aromatic carbocycles. The standard InChI is InChI=1S/C20H28N4O2/c1-14-17(15(2)23(3)22-14)8-9-20(25)24-11-16(13-26-4)18(12-24)19-7-5-6-10-21-19/h5-7,10,16,18H,8-9,11-13H2,1-4H3/t16-,18+/m0/s1. The minimum Gasteiger partial charge on any atom is -0.384 e. The van der Waals surface area contributed by atoms with Crippen molar-refractivity contribution >= 4 is 5.91 Å². The van der Waals surface area contributed by atoms with Crippen molar-refractivity contribution in [1.82, 2.24) is 19.7 Å². The van der Waals surface area contributed by atoms with Crippen LogP contribution in [0.4, 0.5) is 0 Å². The quantitative estimate of drug-likeness (QED) is 0.796. The number of carbonyl (C=O) groups is 1. The van der Waals surface area contributed by atoms with Crippen LogP contribution in [0.25, 0.3) is 0 Å². The van der Waals surface area contributed by atoms with Crippen molar-refractivity contribution in [2.24, 2.45) is 13.0 Å². The number of aryl methyl sites for hydroxylation is 2. The SMILES string of the molecule is COC[C@@H]1CN(C(=O)CCc2c(C)nn(C)c2C)C[C@H]1c1ccccn1. The number of nitrogens with zero attached hydrogens (tertiary/aromatic N) is 4. The highest BCUT2D eigenvalue weighted by atomic mass is 16.5. The monoisotopic (exact) mass is 356 g/mol. The van der Waals surface area contributed by atoms with E-state index < -0.39 is 0 Å². The highest BCUT2D eigenvalue weighted by Gasteiger charge is 2.36. The summed E-state index contributed by atoms with van der Waals surface area (Å²) in [6.45, 7) is 6.16. The topological polar surface area (TPSA) is 60.2 Å². The van der Waals surface area contributed by atoms with Crippen LogP contribution in [0.15, 0.2) is 24.4 Å². The Balaban J connectivity index is 1.66. The predicted molar refractivity (Wildman–Crippen MR) is 99.9 cm³/mol. The molecule has 2 aromatic rings. The third-order valence-electron chi connectivity index (χ3n) is 5.49. The summed E-state index contributed by atoms with van der Waals surface area (Å²) >= 11 is 0. The van der Waals surface area contributed by atoms with E-state index in [0.29, 0.717) is 18.9 Å². The van der Waals surface area contributed by atoms with Gasteiger partial charge in [-0.25, -0.2) is 0 Å². The Morgan fingerprint density at radius 2 is 2.12 bits per heavy atom. The second-order valence-electron chi connectivity index (χ2n) is 7.15. The van der Waals surface area contributed by atoms with Crippen LogP contribution < -0.4 is 0 Å². The van der Waals surface area contributed by atoms with Crippen molar-refractivity contribution in [3.8, 4) is 0 Å². The van der Waals surface area contributed by atoms with Crippen molar-refractivity contribution in [2.45, 2.75) is 32.6 Å². The Hall–Kier alpha value is -2.21. The van der Waals surface area contributed by atoms with Gasteiger partial charge in [0.25, 0.3) is 0 Å². The summed E-state index contributed by atoms with van der Waals surface area (Å²) in [6, 6.07) is 5.97. The molecule has 0 unspecified atom stereocenters. The maximum atomic E-state index is 12.8. The number of aromatic nitrogens is 3. The molecule has 0 spiro atoms. The molecule has 3 heterocycles. The average molecular weight is 356 g/mol. The van der Waals surface area contributed by atoms with E-state index in [0.717, 1.165) is 36.6 Å². The van der Waals surface area contributed by atoms with Gasteiger partial charge in [0.15, 0.2) is 0 Å². The fraction of sp³-hybridized carbons (Fsp3) is 0.550. The molecule has 1 saturated heterocycles. The minimum atomic E-state index is 0.201. The number of carbonyl (C=O) groups excluding carboxylic acids is 1. The number of hydrogen-bond donors (Lipinski definition) is 0. The molecule has 6 nitrogen and oxygen atoms in total. The maximum Gasteiger partial charge on any atom is 0.222 e. The van der Waals surface area contributed by atoms with Crippen LogP contribution in [0.5, 0.6) is 0 Å². The number of methoxy groups -OCH3 is 1. The van der Waals surface area contributed by atoms with E-state index in [1.807, 2.05) is 47.9 Å². The van der Waals surface area contributed by atoms with Crippen molar-refractivity contribution in [3.05, 3.63) is 47.0 Å². The summed E-state index contributed by atoms with van der Waals surface area (Å²) in [5.74, 6) is 0.731. The Bertz CT molecular complexity index is 757. The van der Waals surface area contributed by atoms with E-state index in [9.17, 15) is 4.79 Å². The Kier molecular flexibility index (Phi) is 5.71. The van der Waals surface area contributed by atoms with Crippen LogP contribution in [0.1, 0.15) is 35.0 Å². The Morgan fingerprint density at radius 3 is 2.73 bits per heavy atom. The fourth-order valence-corrected chi connectivity index (χ4v) is 3.96. The van der Waals surface area contributed by atoms with Crippen LogP contribution in [-0.4, -0.2) is 52.4 Å². The first-order chi connectivity index (χ1) is 12.5. The lowest BCUT2D eigenvalue weighted by atomic mass is 9.93. The molecule has 3 rings (SSSR count). The zero-order chi connectivity index (χ0) is 18.7. The first kappa shape index (κ1) is 18.6. The molecule has 0 saturated carbocycles. The molecule has 2 aromatic heterocycles. The molecule has 0 N–H and O–H groups in total. The van der Waals surface area contributed by atoms with Gasteiger partial charge in [-0.2, -0.15) is 5.10 Å². The van der Waals surface area contributed by atoms with Gasteiger partial charge in [-0.1, -0.05) is 6.07 Å². The van der Waals surface area contributed by atoms with Gasteiger partial charge < -0.3 is 9.64 Å². The van der Waals surface area contributed by atoms with Crippen molar-refractivity contribution in [1.29, 1.82) is 0 Å². The zero-order valence-electron chi connectivity index (χ0n) is 16.1. The molecule has 0 aliphatic carbocycles. The van der Waals surface area contributed by atoms with Crippen LogP contribution >= 0.6 is 0 Å². The normalized spacial score (nSPS) is 19.9. The first-order valence-electron chi connectivity index (χ1n) is 9.18.